The molecule has 0 aromatic heterocycles. The van der Waals surface area contributed by atoms with Crippen LogP contribution in [-0.2, 0) is 0 Å². The number of hydrogen-bond acceptors (Lipinski definition) is 2. The summed E-state index contributed by atoms with van der Waals surface area (Å²) >= 11 is 6.77. The summed E-state index contributed by atoms with van der Waals surface area (Å²) in [7, 11) is 0. The predicted octanol–water partition coefficient (Wildman–Crippen LogP) is 2.17. The number of benzene rings is 1. The highest BCUT2D eigenvalue weighted by atomic mass is 79.9. The smallest absolute Gasteiger partial charge is 0.0420 e. The van der Waals surface area contributed by atoms with Crippen LogP contribution in [0.1, 0.15) is 11.6 Å². The standard InChI is InChI=1S/C8H10Br2N2/c9-6-1-5(8(12)4-11)2-7(10)3-6/h1-3,8H,4,11-12H2/t8-/m0/s1. The summed E-state index contributed by atoms with van der Waals surface area (Å²) < 4.78 is 2.02. The van der Waals surface area contributed by atoms with Gasteiger partial charge in [0.15, 0.2) is 0 Å². The molecule has 0 aliphatic carbocycles. The highest BCUT2D eigenvalue weighted by Gasteiger charge is 2.04. The van der Waals surface area contributed by atoms with Crippen LogP contribution in [0.4, 0.5) is 0 Å². The normalized spacial score (nSPS) is 13.0. The molecule has 0 saturated heterocycles. The first-order valence-electron chi connectivity index (χ1n) is 3.55. The average molecular weight is 294 g/mol. The molecule has 1 aromatic rings. The maximum absolute atomic E-state index is 5.77. The van der Waals surface area contributed by atoms with Crippen molar-refractivity contribution in [2.24, 2.45) is 11.5 Å². The van der Waals surface area contributed by atoms with Gasteiger partial charge in [0.1, 0.15) is 0 Å². The number of nitrogens with two attached hydrogens (primary N) is 2. The van der Waals surface area contributed by atoms with Crippen LogP contribution < -0.4 is 11.5 Å². The lowest BCUT2D eigenvalue weighted by Crippen LogP contribution is -2.20. The quantitative estimate of drug-likeness (QED) is 0.878. The maximum Gasteiger partial charge on any atom is 0.0420 e. The van der Waals surface area contributed by atoms with Crippen LogP contribution in [-0.4, -0.2) is 6.54 Å². The van der Waals surface area contributed by atoms with Crippen molar-refractivity contribution < 1.29 is 0 Å². The summed E-state index contributed by atoms with van der Waals surface area (Å²) in [5, 5.41) is 0. The first-order chi connectivity index (χ1) is 5.63. The summed E-state index contributed by atoms with van der Waals surface area (Å²) in [6.45, 7) is 0.461. The Hall–Kier alpha value is 0.1000. The Labute approximate surface area is 88.6 Å². The Kier molecular flexibility index (Phi) is 3.71. The Morgan fingerprint density at radius 3 is 2.08 bits per heavy atom. The molecule has 66 valence electrons. The van der Waals surface area contributed by atoms with E-state index in [9.17, 15) is 0 Å². The molecule has 0 amide bonds. The van der Waals surface area contributed by atoms with E-state index < -0.39 is 0 Å². The molecular weight excluding hydrogens is 284 g/mol. The third kappa shape index (κ3) is 2.55. The van der Waals surface area contributed by atoms with Crippen LogP contribution >= 0.6 is 31.9 Å². The third-order valence-electron chi connectivity index (χ3n) is 1.57. The van der Waals surface area contributed by atoms with Crippen LogP contribution in [0.3, 0.4) is 0 Å². The molecule has 0 unspecified atom stereocenters. The van der Waals surface area contributed by atoms with Crippen molar-refractivity contribution in [3.63, 3.8) is 0 Å². The molecule has 2 nitrogen and oxygen atoms in total. The lowest BCUT2D eigenvalue weighted by atomic mass is 10.1. The van der Waals surface area contributed by atoms with E-state index in [1.807, 2.05) is 18.2 Å². The third-order valence-corrected chi connectivity index (χ3v) is 2.48. The molecule has 0 spiro atoms. The predicted molar refractivity (Wildman–Crippen MR) is 57.8 cm³/mol. The molecule has 1 atom stereocenters. The molecule has 1 aromatic carbocycles. The van der Waals surface area contributed by atoms with E-state index in [4.69, 9.17) is 11.5 Å². The fourth-order valence-electron chi connectivity index (χ4n) is 0.925. The highest BCUT2D eigenvalue weighted by Crippen LogP contribution is 2.22. The summed E-state index contributed by atoms with van der Waals surface area (Å²) in [5.74, 6) is 0. The Balaban J connectivity index is 3.00. The highest BCUT2D eigenvalue weighted by molar-refractivity contribution is 9.11. The average Bonchev–Trinajstić information content (AvgIpc) is 2.01. The number of halogens is 2. The van der Waals surface area contributed by atoms with Gasteiger partial charge >= 0.3 is 0 Å². The summed E-state index contributed by atoms with van der Waals surface area (Å²) in [6, 6.07) is 5.83. The SMILES string of the molecule is NC[C@H](N)c1cc(Br)cc(Br)c1. The lowest BCUT2D eigenvalue weighted by Gasteiger charge is -2.09. The van der Waals surface area contributed by atoms with E-state index in [1.54, 1.807) is 0 Å². The Morgan fingerprint density at radius 1 is 1.17 bits per heavy atom. The monoisotopic (exact) mass is 292 g/mol. The van der Waals surface area contributed by atoms with Crippen molar-refractivity contribution in [1.82, 2.24) is 0 Å². The zero-order valence-corrected chi connectivity index (χ0v) is 9.60. The molecule has 0 bridgehead atoms. The van der Waals surface area contributed by atoms with Gasteiger partial charge in [-0.2, -0.15) is 0 Å². The van der Waals surface area contributed by atoms with Crippen LogP contribution in [0.5, 0.6) is 0 Å². The second-order valence-corrected chi connectivity index (χ2v) is 4.38. The van der Waals surface area contributed by atoms with Crippen LogP contribution in [0.25, 0.3) is 0 Å². The molecule has 0 saturated carbocycles. The zero-order valence-electron chi connectivity index (χ0n) is 6.43. The van der Waals surface area contributed by atoms with Gasteiger partial charge < -0.3 is 11.5 Å². The molecule has 0 heterocycles. The van der Waals surface area contributed by atoms with E-state index in [2.05, 4.69) is 31.9 Å². The second kappa shape index (κ2) is 4.37. The minimum absolute atomic E-state index is 0.0844. The second-order valence-electron chi connectivity index (χ2n) is 2.54. The maximum atomic E-state index is 5.77. The molecule has 0 aliphatic rings. The summed E-state index contributed by atoms with van der Waals surface area (Å²) in [5.41, 5.74) is 12.3. The van der Waals surface area contributed by atoms with E-state index in [-0.39, 0.29) is 6.04 Å². The van der Waals surface area contributed by atoms with Crippen LogP contribution in [0.15, 0.2) is 27.1 Å². The minimum atomic E-state index is -0.0844. The van der Waals surface area contributed by atoms with Crippen molar-refractivity contribution >= 4 is 31.9 Å². The first kappa shape index (κ1) is 10.2. The molecule has 12 heavy (non-hydrogen) atoms. The van der Waals surface area contributed by atoms with E-state index in [0.717, 1.165) is 14.5 Å². The van der Waals surface area contributed by atoms with E-state index >= 15 is 0 Å². The van der Waals surface area contributed by atoms with E-state index in [1.165, 1.54) is 0 Å². The van der Waals surface area contributed by atoms with Crippen LogP contribution in [0, 0.1) is 0 Å². The molecule has 4 heteroatoms. The Bertz CT molecular complexity index is 256. The van der Waals surface area contributed by atoms with Crippen LogP contribution in [0.2, 0.25) is 0 Å². The van der Waals surface area contributed by atoms with Gasteiger partial charge in [0.25, 0.3) is 0 Å². The summed E-state index contributed by atoms with van der Waals surface area (Å²) in [4.78, 5) is 0. The van der Waals surface area contributed by atoms with Crippen molar-refractivity contribution in [2.45, 2.75) is 6.04 Å². The van der Waals surface area contributed by atoms with Gasteiger partial charge in [-0.05, 0) is 23.8 Å². The fourth-order valence-corrected chi connectivity index (χ4v) is 2.25. The zero-order chi connectivity index (χ0) is 9.14. The first-order valence-corrected chi connectivity index (χ1v) is 5.13. The molecular formula is C8H10Br2N2. The number of hydrogen-bond donors (Lipinski definition) is 2. The van der Waals surface area contributed by atoms with Crippen molar-refractivity contribution in [1.29, 1.82) is 0 Å². The number of rotatable bonds is 2. The molecule has 0 radical (unpaired) electrons. The lowest BCUT2D eigenvalue weighted by molar-refractivity contribution is 0.736. The van der Waals surface area contributed by atoms with Gasteiger partial charge in [-0.15, -0.1) is 0 Å². The molecule has 1 rings (SSSR count). The van der Waals surface area contributed by atoms with Crippen molar-refractivity contribution in [3.05, 3.63) is 32.7 Å². The largest absolute Gasteiger partial charge is 0.329 e. The van der Waals surface area contributed by atoms with E-state index in [0.29, 0.717) is 6.54 Å². The molecule has 0 fully saturated rings. The van der Waals surface area contributed by atoms with Crippen molar-refractivity contribution in [3.8, 4) is 0 Å². The summed E-state index contributed by atoms with van der Waals surface area (Å²) in [6.07, 6.45) is 0. The van der Waals surface area contributed by atoms with Gasteiger partial charge in [0.05, 0.1) is 0 Å². The van der Waals surface area contributed by atoms with Crippen molar-refractivity contribution in [2.75, 3.05) is 6.54 Å². The van der Waals surface area contributed by atoms with Gasteiger partial charge in [-0.3, -0.25) is 0 Å². The molecule has 4 N–H and O–H groups in total. The van der Waals surface area contributed by atoms with Gasteiger partial charge in [0.2, 0.25) is 0 Å². The van der Waals surface area contributed by atoms with Gasteiger partial charge in [0, 0.05) is 21.5 Å². The van der Waals surface area contributed by atoms with Gasteiger partial charge in [-0.25, -0.2) is 0 Å². The van der Waals surface area contributed by atoms with Gasteiger partial charge in [-0.1, -0.05) is 31.9 Å². The fraction of sp³-hybridized carbons (Fsp3) is 0.250. The topological polar surface area (TPSA) is 52.0 Å². The minimum Gasteiger partial charge on any atom is -0.329 e. The molecule has 0 aliphatic heterocycles. The Morgan fingerprint density at radius 2 is 1.67 bits per heavy atom.